The molecule has 0 aromatic heterocycles. The van der Waals surface area contributed by atoms with Gasteiger partial charge in [0.15, 0.2) is 25.2 Å². The van der Waals surface area contributed by atoms with Gasteiger partial charge in [0.2, 0.25) is 0 Å². The number of carbonyl (C=O) groups excluding carboxylic acids is 1. The first-order valence-electron chi connectivity index (χ1n) is 28.3. The molecule has 4 heterocycles. The number of fused-ring (bicyclic) bond motifs is 5. The first-order chi connectivity index (χ1) is 37.3. The normalized spacial score (nSPS) is 50.4. The first kappa shape index (κ1) is 61.0. The number of esters is 1. The van der Waals surface area contributed by atoms with Crippen LogP contribution in [0.2, 0.25) is 0 Å². The summed E-state index contributed by atoms with van der Waals surface area (Å²) in [5, 5.41) is 83.6. The number of aliphatic hydroxyl groups excluding tert-OH is 3. The molecule has 27 atom stereocenters. The highest BCUT2D eigenvalue weighted by Gasteiger charge is 2.82. The minimum absolute atomic E-state index is 0.0282. The Morgan fingerprint density at radius 3 is 1.73 bits per heavy atom. The number of ether oxygens (including phenoxy) is 13. The van der Waals surface area contributed by atoms with E-state index in [1.165, 1.54) is 26.2 Å². The van der Waals surface area contributed by atoms with Gasteiger partial charge in [-0.2, -0.15) is 0 Å². The molecule has 0 bridgehead atoms. The molecule has 1 aromatic carbocycles. The van der Waals surface area contributed by atoms with Crippen molar-refractivity contribution in [2.24, 2.45) is 16.7 Å². The highest BCUT2D eigenvalue weighted by molar-refractivity contribution is 5.87. The molecular weight excluding hydrogens is 1030 g/mol. The molecule has 0 radical (unpaired) electrons. The highest BCUT2D eigenvalue weighted by Crippen LogP contribution is 2.71. The van der Waals surface area contributed by atoms with Crippen molar-refractivity contribution in [3.8, 4) is 0 Å². The molecule has 21 heteroatoms. The maximum Gasteiger partial charge on any atom is 0.331 e. The van der Waals surface area contributed by atoms with Crippen LogP contribution in [0.3, 0.4) is 0 Å². The van der Waals surface area contributed by atoms with Gasteiger partial charge in [0.25, 0.3) is 0 Å². The lowest BCUT2D eigenvalue weighted by Crippen LogP contribution is -2.80. The second kappa shape index (κ2) is 23.5. The third kappa shape index (κ3) is 10.6. The van der Waals surface area contributed by atoms with Crippen LogP contribution in [0, 0.1) is 16.7 Å². The van der Waals surface area contributed by atoms with Gasteiger partial charge in [0.05, 0.1) is 66.0 Å². The van der Waals surface area contributed by atoms with Crippen LogP contribution < -0.4 is 0 Å². The molecule has 7 fully saturated rings. The molecule has 9 rings (SSSR count). The first-order valence-corrected chi connectivity index (χ1v) is 28.3. The maximum atomic E-state index is 13.7. The van der Waals surface area contributed by atoms with E-state index in [4.69, 9.17) is 61.6 Å². The Labute approximate surface area is 463 Å². The lowest BCUT2D eigenvalue weighted by molar-refractivity contribution is -0.356. The molecule has 0 amide bonds. The quantitative estimate of drug-likeness (QED) is 0.0712. The van der Waals surface area contributed by atoms with Gasteiger partial charge in [0.1, 0.15) is 59.5 Å². The zero-order valence-corrected chi connectivity index (χ0v) is 47.5. The van der Waals surface area contributed by atoms with Crippen LogP contribution in [0.15, 0.2) is 48.6 Å². The van der Waals surface area contributed by atoms with E-state index < -0.39 is 168 Å². The van der Waals surface area contributed by atoms with Crippen molar-refractivity contribution in [1.29, 1.82) is 0 Å². The minimum Gasteiger partial charge on any atom is -0.458 e. The second-order valence-corrected chi connectivity index (χ2v) is 24.2. The van der Waals surface area contributed by atoms with Crippen LogP contribution in [0.25, 0.3) is 6.08 Å². The summed E-state index contributed by atoms with van der Waals surface area (Å²) >= 11 is 0. The molecule has 21 nitrogen and oxygen atoms in total. The zero-order chi connectivity index (χ0) is 57.2. The third-order valence-electron chi connectivity index (χ3n) is 20.0. The van der Waals surface area contributed by atoms with Crippen LogP contribution in [0.5, 0.6) is 0 Å². The minimum atomic E-state index is -2.09. The Morgan fingerprint density at radius 2 is 1.20 bits per heavy atom. The molecule has 446 valence electrons. The molecule has 0 spiro atoms. The summed E-state index contributed by atoms with van der Waals surface area (Å²) in [6.07, 6.45) is -7.51. The lowest BCUT2D eigenvalue weighted by Gasteiger charge is -2.68. The zero-order valence-electron chi connectivity index (χ0n) is 47.5. The SMILES string of the molecule is CO[C@H]1[C@@H](O)[C@H](O[C@@H]2[C@@H](C)O[C@@H](O[C@H]3[C@@H](OC)C[C@H](O[C@H]4[C@@H](OC)C[C@H](O[C@H]5CC[C@]6(C)[C@H]7C[C@@H](OC(=O)/C=C/c8ccccc8)[C@@]8(C)[C@](O)(CC[C@@]8(O)[C@H](C)O)[C@]7(O)C=C[C@@]6(O)C5)O[C@@H]4C)O[C@@H]3C)C[C@H]2OC)O[C@H](C)[C@H]1O. The molecule has 4 saturated heterocycles. The summed E-state index contributed by atoms with van der Waals surface area (Å²) in [6.45, 7) is 12.2. The topological polar surface area (TPSA) is 279 Å². The Morgan fingerprint density at radius 1 is 0.658 bits per heavy atom. The van der Waals surface area contributed by atoms with E-state index in [0.717, 1.165) is 5.56 Å². The van der Waals surface area contributed by atoms with E-state index >= 15 is 0 Å². The molecule has 4 aliphatic carbocycles. The van der Waals surface area contributed by atoms with Gasteiger partial charge < -0.3 is 97.3 Å². The molecule has 7 N–H and O–H groups in total. The van der Waals surface area contributed by atoms with Crippen LogP contribution in [0.4, 0.5) is 0 Å². The van der Waals surface area contributed by atoms with Crippen molar-refractivity contribution in [2.75, 3.05) is 28.4 Å². The van der Waals surface area contributed by atoms with Crippen molar-refractivity contribution in [1.82, 2.24) is 0 Å². The van der Waals surface area contributed by atoms with Crippen LogP contribution in [-0.2, 0) is 66.4 Å². The number of hydrogen-bond donors (Lipinski definition) is 7. The van der Waals surface area contributed by atoms with Gasteiger partial charge in [-0.25, -0.2) is 4.79 Å². The molecule has 0 unspecified atom stereocenters. The van der Waals surface area contributed by atoms with Crippen LogP contribution in [-0.4, -0.2) is 215 Å². The van der Waals surface area contributed by atoms with Gasteiger partial charge in [-0.3, -0.25) is 0 Å². The monoisotopic (exact) mass is 1120 g/mol. The summed E-state index contributed by atoms with van der Waals surface area (Å²) in [6, 6.07) is 9.21. The van der Waals surface area contributed by atoms with Gasteiger partial charge in [-0.1, -0.05) is 56.3 Å². The largest absolute Gasteiger partial charge is 0.458 e. The van der Waals surface area contributed by atoms with Gasteiger partial charge in [-0.05, 0) is 78.4 Å². The third-order valence-corrected chi connectivity index (χ3v) is 20.0. The smallest absolute Gasteiger partial charge is 0.331 e. The number of aliphatic hydroxyl groups is 7. The van der Waals surface area contributed by atoms with Gasteiger partial charge in [-0.15, -0.1) is 0 Å². The van der Waals surface area contributed by atoms with Crippen molar-refractivity contribution >= 4 is 12.0 Å². The summed E-state index contributed by atoms with van der Waals surface area (Å²) in [5.41, 5.74) is -9.63. The number of carbonyl (C=O) groups is 1. The second-order valence-electron chi connectivity index (χ2n) is 24.2. The predicted octanol–water partition coefficient (Wildman–Crippen LogP) is 2.97. The molecule has 3 saturated carbocycles. The lowest BCUT2D eigenvalue weighted by atomic mass is 9.41. The van der Waals surface area contributed by atoms with Gasteiger partial charge in [0, 0.05) is 71.5 Å². The standard InChI is InChI=1S/C58H88O21/c1-30-46(61)51(70-11)47(62)52(74-30)79-50-33(4)73-45(27-39(50)69-10)78-49-32(3)72-44(26-38(49)68-9)77-48-31(2)71-43(25-37(48)67-8)75-36-19-20-53(6)40-28-41(76-42(60)18-17-35-15-13-12-14-16-35)54(7)56(64,34(5)59)23-24-58(54,66)57(40,65)22-21-55(53,63)29-36/h12-18,21-22,30-34,36-41,43-52,59,61-66H,19-20,23-29H2,1-11H3/b18-17+/t30-,31-,32-,33-,34+,36+,37+,38+,39-,40-,41-,43+,44+,45+,46-,47-,48-,49-,50-,51-,52+,53-,54-,55-,56-,57+,58-/m1/s1. The number of benzene rings is 1. The van der Waals surface area contributed by atoms with Gasteiger partial charge >= 0.3 is 5.97 Å². The summed E-state index contributed by atoms with van der Waals surface area (Å²) in [5.74, 6) is -1.58. The van der Waals surface area contributed by atoms with E-state index in [0.29, 0.717) is 25.7 Å². The van der Waals surface area contributed by atoms with Crippen LogP contribution >= 0.6 is 0 Å². The fraction of sp³-hybridized carbons (Fsp3) is 0.810. The Kier molecular flexibility index (Phi) is 18.1. The maximum absolute atomic E-state index is 13.7. The fourth-order valence-corrected chi connectivity index (χ4v) is 15.2. The van der Waals surface area contributed by atoms with Crippen molar-refractivity contribution in [3.05, 3.63) is 54.1 Å². The van der Waals surface area contributed by atoms with E-state index in [2.05, 4.69) is 0 Å². The highest BCUT2D eigenvalue weighted by atomic mass is 16.8. The Balaban J connectivity index is 0.821. The summed E-state index contributed by atoms with van der Waals surface area (Å²) in [4.78, 5) is 13.7. The predicted molar refractivity (Wildman–Crippen MR) is 279 cm³/mol. The van der Waals surface area contributed by atoms with Crippen molar-refractivity contribution in [3.63, 3.8) is 0 Å². The summed E-state index contributed by atoms with van der Waals surface area (Å²) < 4.78 is 80.8. The Hall–Kier alpha value is -2.59. The molecule has 1 aromatic rings. The van der Waals surface area contributed by atoms with E-state index in [9.17, 15) is 40.5 Å². The number of methoxy groups -OCH3 is 4. The fourth-order valence-electron chi connectivity index (χ4n) is 15.2. The Bertz CT molecular complexity index is 2290. The molecule has 79 heavy (non-hydrogen) atoms. The average molecular weight is 1120 g/mol. The molecule has 8 aliphatic rings. The van der Waals surface area contributed by atoms with Crippen molar-refractivity contribution in [2.45, 2.75) is 251 Å². The molecule has 4 aliphatic heterocycles. The molecular formula is C58H88O21. The van der Waals surface area contributed by atoms with Crippen LogP contribution in [0.1, 0.15) is 112 Å². The van der Waals surface area contributed by atoms with E-state index in [1.807, 2.05) is 58.0 Å². The average Bonchev–Trinajstić information content (AvgIpc) is 3.21. The van der Waals surface area contributed by atoms with E-state index in [1.54, 1.807) is 47.3 Å². The van der Waals surface area contributed by atoms with Crippen molar-refractivity contribution < 1.29 is 102 Å². The number of hydrogen-bond acceptors (Lipinski definition) is 21. The number of rotatable bonds is 16. The van der Waals surface area contributed by atoms with E-state index in [-0.39, 0.29) is 32.1 Å². The summed E-state index contributed by atoms with van der Waals surface area (Å²) in [7, 11) is 6.18.